The Morgan fingerprint density at radius 1 is 1.50 bits per heavy atom. The van der Waals surface area contributed by atoms with E-state index in [2.05, 4.69) is 30.8 Å². The van der Waals surface area contributed by atoms with Gasteiger partial charge in [-0.3, -0.25) is 0 Å². The van der Waals surface area contributed by atoms with Crippen LogP contribution in [-0.2, 0) is 10.0 Å². The molecule has 0 spiro atoms. The van der Waals surface area contributed by atoms with Crippen molar-refractivity contribution >= 4 is 27.2 Å². The van der Waals surface area contributed by atoms with E-state index in [0.717, 1.165) is 19.3 Å². The zero-order valence-electron chi connectivity index (χ0n) is 9.82. The third kappa shape index (κ3) is 3.99. The van der Waals surface area contributed by atoms with Crippen LogP contribution in [0.15, 0.2) is 0 Å². The number of hydrogen-bond acceptors (Lipinski definition) is 3. The summed E-state index contributed by atoms with van der Waals surface area (Å²) in [6.07, 6.45) is 4.18. The number of nitrogens with one attached hydrogen (secondary N) is 1. The molecule has 6 heteroatoms. The Kier molecular flexibility index (Phi) is 4.31. The van der Waals surface area contributed by atoms with Crippen LogP contribution in [0.4, 0.5) is 0 Å². The number of rotatable bonds is 4. The van der Waals surface area contributed by atoms with Crippen LogP contribution >= 0.6 is 12.2 Å². The highest BCUT2D eigenvalue weighted by Gasteiger charge is 2.34. The van der Waals surface area contributed by atoms with Crippen LogP contribution in [0.3, 0.4) is 0 Å². The molecule has 0 aromatic rings. The van der Waals surface area contributed by atoms with Gasteiger partial charge in [-0.15, -0.1) is 0 Å². The summed E-state index contributed by atoms with van der Waals surface area (Å²) in [5.74, 6) is -0.255. The van der Waals surface area contributed by atoms with Crippen molar-refractivity contribution in [3.05, 3.63) is 0 Å². The SMILES string of the molecule is CC1(C)CCCCC1NS(=O)(=O)CC(N)=S. The summed E-state index contributed by atoms with van der Waals surface area (Å²) in [6, 6.07) is 0.000556. The molecular weight excluding hydrogens is 244 g/mol. The van der Waals surface area contributed by atoms with E-state index in [0.29, 0.717) is 0 Å². The molecule has 16 heavy (non-hydrogen) atoms. The van der Waals surface area contributed by atoms with E-state index in [-0.39, 0.29) is 22.2 Å². The Bertz CT molecular complexity index is 363. The van der Waals surface area contributed by atoms with E-state index in [1.807, 2.05) is 0 Å². The van der Waals surface area contributed by atoms with Crippen LogP contribution in [0.25, 0.3) is 0 Å². The maximum absolute atomic E-state index is 11.7. The predicted octanol–water partition coefficient (Wildman–Crippen LogP) is 1.16. The zero-order chi connectivity index (χ0) is 12.4. The van der Waals surface area contributed by atoms with E-state index in [1.54, 1.807) is 0 Å². The number of thiocarbonyl (C=S) groups is 1. The molecular formula is C10H20N2O2S2. The molecule has 1 saturated carbocycles. The summed E-state index contributed by atoms with van der Waals surface area (Å²) in [6.45, 7) is 4.19. The average molecular weight is 264 g/mol. The van der Waals surface area contributed by atoms with Crippen molar-refractivity contribution in [3.63, 3.8) is 0 Å². The average Bonchev–Trinajstić information content (AvgIpc) is 2.05. The van der Waals surface area contributed by atoms with Gasteiger partial charge in [0.25, 0.3) is 0 Å². The van der Waals surface area contributed by atoms with Gasteiger partial charge in [-0.05, 0) is 18.3 Å². The Balaban J connectivity index is 2.68. The molecule has 94 valence electrons. The molecule has 3 N–H and O–H groups in total. The van der Waals surface area contributed by atoms with Gasteiger partial charge in [0.2, 0.25) is 10.0 Å². The maximum Gasteiger partial charge on any atom is 0.218 e. The van der Waals surface area contributed by atoms with E-state index in [1.165, 1.54) is 6.42 Å². The first-order valence-electron chi connectivity index (χ1n) is 5.51. The first-order valence-corrected chi connectivity index (χ1v) is 7.57. The Morgan fingerprint density at radius 3 is 2.62 bits per heavy atom. The molecule has 1 fully saturated rings. The van der Waals surface area contributed by atoms with Crippen LogP contribution in [0.1, 0.15) is 39.5 Å². The molecule has 0 amide bonds. The van der Waals surface area contributed by atoms with Gasteiger partial charge < -0.3 is 5.73 Å². The molecule has 0 radical (unpaired) electrons. The number of hydrogen-bond donors (Lipinski definition) is 2. The first-order chi connectivity index (χ1) is 7.23. The lowest BCUT2D eigenvalue weighted by Gasteiger charge is -2.38. The van der Waals surface area contributed by atoms with Gasteiger partial charge in [-0.1, -0.05) is 38.9 Å². The molecule has 0 bridgehead atoms. The minimum Gasteiger partial charge on any atom is -0.392 e. The lowest BCUT2D eigenvalue weighted by molar-refractivity contribution is 0.188. The standard InChI is InChI=1S/C10H20N2O2S2/c1-10(2)6-4-3-5-8(10)12-16(13,14)7-9(11)15/h8,12H,3-7H2,1-2H3,(H2,11,15). The highest BCUT2D eigenvalue weighted by atomic mass is 32.2. The normalized spacial score (nSPS) is 25.2. The van der Waals surface area contributed by atoms with Gasteiger partial charge in [-0.25, -0.2) is 13.1 Å². The summed E-state index contributed by atoms with van der Waals surface area (Å²) in [4.78, 5) is 0.0149. The van der Waals surface area contributed by atoms with E-state index in [9.17, 15) is 8.42 Å². The summed E-state index contributed by atoms with van der Waals surface area (Å²) in [7, 11) is -3.37. The second kappa shape index (κ2) is 4.98. The third-order valence-corrected chi connectivity index (χ3v) is 4.82. The quantitative estimate of drug-likeness (QED) is 0.747. The molecule has 1 atom stereocenters. The summed E-state index contributed by atoms with van der Waals surface area (Å²) < 4.78 is 26.2. The number of nitrogens with two attached hydrogens (primary N) is 1. The summed E-state index contributed by atoms with van der Waals surface area (Å²) >= 11 is 4.63. The van der Waals surface area contributed by atoms with Gasteiger partial charge in [-0.2, -0.15) is 0 Å². The van der Waals surface area contributed by atoms with Gasteiger partial charge >= 0.3 is 0 Å². The van der Waals surface area contributed by atoms with Crippen molar-refractivity contribution in [1.29, 1.82) is 0 Å². The zero-order valence-corrected chi connectivity index (χ0v) is 11.5. The lowest BCUT2D eigenvalue weighted by Crippen LogP contribution is -2.48. The van der Waals surface area contributed by atoms with Crippen LogP contribution in [0.5, 0.6) is 0 Å². The maximum atomic E-state index is 11.7. The monoisotopic (exact) mass is 264 g/mol. The van der Waals surface area contributed by atoms with Crippen molar-refractivity contribution in [2.45, 2.75) is 45.6 Å². The van der Waals surface area contributed by atoms with Crippen molar-refractivity contribution in [1.82, 2.24) is 4.72 Å². The van der Waals surface area contributed by atoms with Gasteiger partial charge in [0.05, 0.1) is 4.99 Å². The minimum atomic E-state index is -3.37. The van der Waals surface area contributed by atoms with Crippen LogP contribution < -0.4 is 10.5 Å². The Morgan fingerprint density at radius 2 is 2.12 bits per heavy atom. The highest BCUT2D eigenvalue weighted by Crippen LogP contribution is 2.35. The predicted molar refractivity (Wildman–Crippen MR) is 69.7 cm³/mol. The molecule has 0 heterocycles. The molecule has 0 aromatic carbocycles. The van der Waals surface area contributed by atoms with Gasteiger partial charge in [0.15, 0.2) is 0 Å². The molecule has 1 aliphatic rings. The van der Waals surface area contributed by atoms with E-state index >= 15 is 0 Å². The van der Waals surface area contributed by atoms with E-state index in [4.69, 9.17) is 5.73 Å². The lowest BCUT2D eigenvalue weighted by atomic mass is 9.74. The van der Waals surface area contributed by atoms with Crippen molar-refractivity contribution < 1.29 is 8.42 Å². The first kappa shape index (κ1) is 13.9. The van der Waals surface area contributed by atoms with Crippen molar-refractivity contribution in [2.24, 2.45) is 11.1 Å². The molecule has 1 aliphatic carbocycles. The fourth-order valence-electron chi connectivity index (χ4n) is 2.16. The minimum absolute atomic E-state index is 0.000556. The van der Waals surface area contributed by atoms with E-state index < -0.39 is 10.0 Å². The Labute approximate surface area is 103 Å². The smallest absolute Gasteiger partial charge is 0.218 e. The molecule has 0 saturated heterocycles. The molecule has 1 unspecified atom stereocenters. The fraction of sp³-hybridized carbons (Fsp3) is 0.900. The van der Waals surface area contributed by atoms with Crippen LogP contribution in [0, 0.1) is 5.41 Å². The fourth-order valence-corrected chi connectivity index (χ4v) is 3.95. The topological polar surface area (TPSA) is 72.2 Å². The highest BCUT2D eigenvalue weighted by molar-refractivity contribution is 7.92. The molecule has 0 aromatic heterocycles. The van der Waals surface area contributed by atoms with Crippen LogP contribution in [-0.4, -0.2) is 25.2 Å². The molecule has 1 rings (SSSR count). The molecule has 4 nitrogen and oxygen atoms in total. The molecule has 0 aliphatic heterocycles. The van der Waals surface area contributed by atoms with Crippen molar-refractivity contribution in [3.8, 4) is 0 Å². The van der Waals surface area contributed by atoms with Crippen molar-refractivity contribution in [2.75, 3.05) is 5.75 Å². The second-order valence-corrected chi connectivity index (χ2v) is 7.41. The van der Waals surface area contributed by atoms with Crippen LogP contribution in [0.2, 0.25) is 0 Å². The van der Waals surface area contributed by atoms with Gasteiger partial charge in [0.1, 0.15) is 5.75 Å². The number of sulfonamides is 1. The van der Waals surface area contributed by atoms with Gasteiger partial charge in [0, 0.05) is 6.04 Å². The Hall–Kier alpha value is -0.200. The summed E-state index contributed by atoms with van der Waals surface area (Å²) in [5, 5.41) is 0. The largest absolute Gasteiger partial charge is 0.392 e. The third-order valence-electron chi connectivity index (χ3n) is 3.16. The summed E-state index contributed by atoms with van der Waals surface area (Å²) in [5.41, 5.74) is 5.28. The second-order valence-electron chi connectivity index (χ2n) is 5.13.